The van der Waals surface area contributed by atoms with Crippen molar-refractivity contribution in [1.82, 2.24) is 0 Å². The van der Waals surface area contributed by atoms with Crippen molar-refractivity contribution in [2.24, 2.45) is 0 Å². The fourth-order valence-electron chi connectivity index (χ4n) is 1.47. The number of ether oxygens (including phenoxy) is 2. The molecule has 1 aromatic carbocycles. The van der Waals surface area contributed by atoms with Crippen LogP contribution in [0.1, 0.15) is 36.2 Å². The smallest absolute Gasteiger partial charge is 0.335 e. The van der Waals surface area contributed by atoms with Crippen molar-refractivity contribution in [3.63, 3.8) is 0 Å². The summed E-state index contributed by atoms with van der Waals surface area (Å²) >= 11 is 0. The Kier molecular flexibility index (Phi) is 5.44. The number of halogens is 1. The van der Waals surface area contributed by atoms with Gasteiger partial charge in [-0.15, -0.1) is 0 Å². The second-order valence-corrected chi connectivity index (χ2v) is 4.92. The number of rotatable bonds is 7. The molecule has 0 unspecified atom stereocenters. The zero-order valence-corrected chi connectivity index (χ0v) is 11.4. The highest BCUT2D eigenvalue weighted by molar-refractivity contribution is 5.87. The van der Waals surface area contributed by atoms with Gasteiger partial charge in [-0.05, 0) is 44.0 Å². The highest BCUT2D eigenvalue weighted by Crippen LogP contribution is 2.14. The van der Waals surface area contributed by atoms with E-state index in [1.165, 1.54) is 12.1 Å². The molecule has 0 heterocycles. The first kappa shape index (κ1) is 15.6. The number of carboxylic acids is 1. The number of carboxylic acid groups (broad SMARTS) is 1. The van der Waals surface area contributed by atoms with Gasteiger partial charge in [0.05, 0.1) is 17.8 Å². The Morgan fingerprint density at radius 2 is 2.05 bits per heavy atom. The Morgan fingerprint density at radius 1 is 1.37 bits per heavy atom. The minimum Gasteiger partial charge on any atom is -0.478 e. The van der Waals surface area contributed by atoms with Crippen molar-refractivity contribution in [3.8, 4) is 0 Å². The lowest BCUT2D eigenvalue weighted by Gasteiger charge is -2.22. The summed E-state index contributed by atoms with van der Waals surface area (Å²) in [4.78, 5) is 10.8. The maximum atomic E-state index is 13.2. The Balaban J connectivity index is 2.52. The summed E-state index contributed by atoms with van der Waals surface area (Å²) in [6, 6.07) is 3.67. The predicted octanol–water partition coefficient (Wildman–Crippen LogP) is 2.86. The molecule has 0 radical (unpaired) electrons. The summed E-state index contributed by atoms with van der Waals surface area (Å²) in [6.07, 6.45) is 0.699. The van der Waals surface area contributed by atoms with Gasteiger partial charge >= 0.3 is 5.97 Å². The molecule has 0 bridgehead atoms. The van der Waals surface area contributed by atoms with E-state index in [-0.39, 0.29) is 17.8 Å². The maximum Gasteiger partial charge on any atom is 0.335 e. The number of methoxy groups -OCH3 is 1. The standard InChI is InChI=1S/C14H19FO4/c1-14(2,18-3)4-5-19-9-10-6-11(13(16)17)8-12(15)7-10/h6-8H,4-5,9H2,1-3H3,(H,16,17). The molecular formula is C14H19FO4. The van der Waals surface area contributed by atoms with Crippen molar-refractivity contribution >= 4 is 5.97 Å². The van der Waals surface area contributed by atoms with E-state index in [1.807, 2.05) is 13.8 Å². The fraction of sp³-hybridized carbons (Fsp3) is 0.500. The highest BCUT2D eigenvalue weighted by atomic mass is 19.1. The summed E-state index contributed by atoms with van der Waals surface area (Å²) in [5.74, 6) is -1.73. The number of hydrogen-bond acceptors (Lipinski definition) is 3. The molecule has 19 heavy (non-hydrogen) atoms. The molecule has 0 aromatic heterocycles. The molecule has 0 saturated carbocycles. The van der Waals surface area contributed by atoms with Crippen LogP contribution in [-0.4, -0.2) is 30.4 Å². The van der Waals surface area contributed by atoms with Gasteiger partial charge in [-0.1, -0.05) is 0 Å². The Bertz CT molecular complexity index is 443. The number of hydrogen-bond donors (Lipinski definition) is 1. The molecule has 0 spiro atoms. The molecule has 0 aliphatic heterocycles. The quantitative estimate of drug-likeness (QED) is 0.774. The molecule has 0 aliphatic rings. The Labute approximate surface area is 112 Å². The van der Waals surface area contributed by atoms with E-state index < -0.39 is 11.8 Å². The van der Waals surface area contributed by atoms with Crippen molar-refractivity contribution in [2.75, 3.05) is 13.7 Å². The van der Waals surface area contributed by atoms with Gasteiger partial charge in [-0.25, -0.2) is 9.18 Å². The summed E-state index contributed by atoms with van der Waals surface area (Å²) in [5, 5.41) is 8.82. The molecular weight excluding hydrogens is 251 g/mol. The molecule has 0 atom stereocenters. The van der Waals surface area contributed by atoms with Crippen molar-refractivity contribution in [3.05, 3.63) is 35.1 Å². The van der Waals surface area contributed by atoms with Crippen LogP contribution in [0.25, 0.3) is 0 Å². The van der Waals surface area contributed by atoms with Crippen LogP contribution in [0.4, 0.5) is 4.39 Å². The molecule has 0 fully saturated rings. The summed E-state index contributed by atoms with van der Waals surface area (Å²) < 4.78 is 23.9. The van der Waals surface area contributed by atoms with Crippen molar-refractivity contribution in [1.29, 1.82) is 0 Å². The van der Waals surface area contributed by atoms with Crippen LogP contribution in [0, 0.1) is 5.82 Å². The van der Waals surface area contributed by atoms with Crippen LogP contribution in [0.3, 0.4) is 0 Å². The monoisotopic (exact) mass is 270 g/mol. The lowest BCUT2D eigenvalue weighted by molar-refractivity contribution is -0.0124. The van der Waals surface area contributed by atoms with Crippen molar-refractivity contribution < 1.29 is 23.8 Å². The van der Waals surface area contributed by atoms with Crippen LogP contribution >= 0.6 is 0 Å². The number of aromatic carboxylic acids is 1. The van der Waals surface area contributed by atoms with Crippen LogP contribution in [0.15, 0.2) is 18.2 Å². The maximum absolute atomic E-state index is 13.2. The minimum absolute atomic E-state index is 0.0733. The van der Waals surface area contributed by atoms with E-state index >= 15 is 0 Å². The van der Waals surface area contributed by atoms with E-state index in [4.69, 9.17) is 14.6 Å². The zero-order valence-electron chi connectivity index (χ0n) is 11.4. The first-order valence-electron chi connectivity index (χ1n) is 6.00. The van der Waals surface area contributed by atoms with Crippen LogP contribution in [-0.2, 0) is 16.1 Å². The molecule has 1 N–H and O–H groups in total. The highest BCUT2D eigenvalue weighted by Gasteiger charge is 2.15. The van der Waals surface area contributed by atoms with Gasteiger partial charge in [0.25, 0.3) is 0 Å². The topological polar surface area (TPSA) is 55.8 Å². The zero-order chi connectivity index (χ0) is 14.5. The van der Waals surface area contributed by atoms with Gasteiger partial charge in [-0.3, -0.25) is 0 Å². The average molecular weight is 270 g/mol. The normalized spacial score (nSPS) is 11.6. The SMILES string of the molecule is COC(C)(C)CCOCc1cc(F)cc(C(=O)O)c1. The first-order chi connectivity index (χ1) is 8.84. The molecule has 0 amide bonds. The first-order valence-corrected chi connectivity index (χ1v) is 6.00. The van der Waals surface area contributed by atoms with Gasteiger partial charge in [-0.2, -0.15) is 0 Å². The van der Waals surface area contributed by atoms with Gasteiger partial charge < -0.3 is 14.6 Å². The number of carbonyl (C=O) groups is 1. The van der Waals surface area contributed by atoms with E-state index in [9.17, 15) is 9.18 Å². The van der Waals surface area contributed by atoms with Gasteiger partial charge in [0.15, 0.2) is 0 Å². The molecule has 0 saturated heterocycles. The van der Waals surface area contributed by atoms with Crippen LogP contribution in [0.5, 0.6) is 0 Å². The molecule has 106 valence electrons. The molecule has 1 aromatic rings. The van der Waals surface area contributed by atoms with Gasteiger partial charge in [0, 0.05) is 13.7 Å². The molecule has 5 heteroatoms. The Morgan fingerprint density at radius 3 is 2.63 bits per heavy atom. The fourth-order valence-corrected chi connectivity index (χ4v) is 1.47. The summed E-state index contributed by atoms with van der Waals surface area (Å²) in [6.45, 7) is 4.53. The third-order valence-electron chi connectivity index (χ3n) is 2.87. The summed E-state index contributed by atoms with van der Waals surface area (Å²) in [7, 11) is 1.63. The van der Waals surface area contributed by atoms with E-state index in [1.54, 1.807) is 7.11 Å². The second-order valence-electron chi connectivity index (χ2n) is 4.92. The average Bonchev–Trinajstić information content (AvgIpc) is 2.34. The third kappa shape index (κ3) is 5.36. The lowest BCUT2D eigenvalue weighted by Crippen LogP contribution is -2.24. The lowest BCUT2D eigenvalue weighted by atomic mass is 10.1. The van der Waals surface area contributed by atoms with E-state index in [2.05, 4.69) is 0 Å². The summed E-state index contributed by atoms with van der Waals surface area (Å²) in [5.41, 5.74) is 0.164. The number of benzene rings is 1. The second kappa shape index (κ2) is 6.63. The Hall–Kier alpha value is -1.46. The molecule has 1 rings (SSSR count). The predicted molar refractivity (Wildman–Crippen MR) is 68.7 cm³/mol. The minimum atomic E-state index is -1.15. The van der Waals surface area contributed by atoms with Gasteiger partial charge in [0.2, 0.25) is 0 Å². The van der Waals surface area contributed by atoms with Gasteiger partial charge in [0.1, 0.15) is 5.82 Å². The van der Waals surface area contributed by atoms with Crippen molar-refractivity contribution in [2.45, 2.75) is 32.5 Å². The largest absolute Gasteiger partial charge is 0.478 e. The molecule has 4 nitrogen and oxygen atoms in total. The van der Waals surface area contributed by atoms with E-state index in [0.29, 0.717) is 18.6 Å². The van der Waals surface area contributed by atoms with E-state index in [0.717, 1.165) is 6.07 Å². The van der Waals surface area contributed by atoms with Crippen LogP contribution < -0.4 is 0 Å². The third-order valence-corrected chi connectivity index (χ3v) is 2.87. The van der Waals surface area contributed by atoms with Crippen LogP contribution in [0.2, 0.25) is 0 Å². The molecule has 0 aliphatic carbocycles.